The number of hydrogen-bond acceptors (Lipinski definition) is 6. The summed E-state index contributed by atoms with van der Waals surface area (Å²) in [7, 11) is 0. The van der Waals surface area contributed by atoms with Gasteiger partial charge in [-0.1, -0.05) is 44.2 Å². The van der Waals surface area contributed by atoms with E-state index < -0.39 is 11.5 Å². The highest BCUT2D eigenvalue weighted by Gasteiger charge is 2.49. The molecule has 5 fully saturated rings. The standard InChI is InChI=1S/C30H41N5O3/c31-30(29(37)38)17-33(18-30)27-28(36)35(26-11-4-3-10-25(26)32-27)24-15-21-8-5-9-22(16-24)34(21)23-13-19-6-1-2-7-20(12-19)14-23/h3-4,10-11,19-24H,1-2,5-9,12-18,31H2,(H,37,38)/t19-,20?,21+,22+,23-/m0/s1. The minimum atomic E-state index is -1.32. The Bertz CT molecular complexity index is 1260. The highest BCUT2D eigenvalue weighted by atomic mass is 16.4. The van der Waals surface area contributed by atoms with E-state index in [0.29, 0.717) is 23.9 Å². The number of para-hydroxylation sites is 2. The van der Waals surface area contributed by atoms with Crippen molar-refractivity contribution in [3.8, 4) is 0 Å². The summed E-state index contributed by atoms with van der Waals surface area (Å²) in [4.78, 5) is 35.0. The van der Waals surface area contributed by atoms with Crippen molar-refractivity contribution in [2.75, 3.05) is 18.0 Å². The Kier molecular flexibility index (Phi) is 6.04. The van der Waals surface area contributed by atoms with Gasteiger partial charge in [-0.05, 0) is 68.9 Å². The molecule has 0 amide bonds. The zero-order valence-corrected chi connectivity index (χ0v) is 22.3. The molecule has 38 heavy (non-hydrogen) atoms. The lowest BCUT2D eigenvalue weighted by Gasteiger charge is -2.54. The Morgan fingerprint density at radius 2 is 1.53 bits per heavy atom. The summed E-state index contributed by atoms with van der Waals surface area (Å²) in [5.74, 6) is 1.13. The molecule has 2 aromatic rings. The van der Waals surface area contributed by atoms with Crippen LogP contribution < -0.4 is 16.2 Å². The van der Waals surface area contributed by atoms with E-state index in [0.717, 1.165) is 35.7 Å². The van der Waals surface area contributed by atoms with Crippen molar-refractivity contribution in [3.63, 3.8) is 0 Å². The third-order valence-corrected chi connectivity index (χ3v) is 10.6. The van der Waals surface area contributed by atoms with Gasteiger partial charge < -0.3 is 20.3 Å². The van der Waals surface area contributed by atoms with Crippen LogP contribution >= 0.6 is 0 Å². The monoisotopic (exact) mass is 519 g/mol. The molecule has 2 saturated carbocycles. The summed E-state index contributed by atoms with van der Waals surface area (Å²) in [6.07, 6.45) is 15.6. The molecule has 7 rings (SSSR count). The molecular weight excluding hydrogens is 478 g/mol. The zero-order valence-electron chi connectivity index (χ0n) is 22.3. The Morgan fingerprint density at radius 1 is 0.868 bits per heavy atom. The molecule has 5 aliphatic rings. The van der Waals surface area contributed by atoms with Gasteiger partial charge in [0.1, 0.15) is 5.54 Å². The number of aliphatic carboxylic acids is 1. The number of anilines is 1. The number of nitrogens with two attached hydrogens (primary N) is 1. The molecule has 0 spiro atoms. The van der Waals surface area contributed by atoms with Crippen molar-refractivity contribution in [2.45, 2.75) is 107 Å². The molecule has 5 atom stereocenters. The van der Waals surface area contributed by atoms with Crippen LogP contribution in [0.15, 0.2) is 29.1 Å². The van der Waals surface area contributed by atoms with Gasteiger partial charge in [0.05, 0.1) is 24.1 Å². The molecule has 204 valence electrons. The maximum atomic E-state index is 14.0. The fourth-order valence-electron chi connectivity index (χ4n) is 8.94. The van der Waals surface area contributed by atoms with Crippen LogP contribution in [0.25, 0.3) is 11.0 Å². The minimum absolute atomic E-state index is 0.101. The number of fused-ring (bicyclic) bond motifs is 5. The highest BCUT2D eigenvalue weighted by Crippen LogP contribution is 2.47. The van der Waals surface area contributed by atoms with Crippen molar-refractivity contribution in [2.24, 2.45) is 17.6 Å². The van der Waals surface area contributed by atoms with Gasteiger partial charge in [-0.15, -0.1) is 0 Å². The Labute approximate surface area is 224 Å². The van der Waals surface area contributed by atoms with Gasteiger partial charge in [0, 0.05) is 24.2 Å². The third-order valence-electron chi connectivity index (χ3n) is 10.6. The number of aromatic nitrogens is 2. The normalized spacial score (nSPS) is 34.9. The van der Waals surface area contributed by atoms with Gasteiger partial charge in [0.25, 0.3) is 5.56 Å². The lowest BCUT2D eigenvalue weighted by atomic mass is 9.73. The number of benzene rings is 1. The summed E-state index contributed by atoms with van der Waals surface area (Å²) in [6.45, 7) is 0.216. The molecule has 2 aliphatic carbocycles. The summed E-state index contributed by atoms with van der Waals surface area (Å²) in [5, 5.41) is 9.49. The predicted molar refractivity (Wildman–Crippen MR) is 147 cm³/mol. The second-order valence-electron chi connectivity index (χ2n) is 13.1. The average molecular weight is 520 g/mol. The molecule has 8 nitrogen and oxygen atoms in total. The molecule has 0 radical (unpaired) electrons. The third kappa shape index (κ3) is 4.06. The smallest absolute Gasteiger partial charge is 0.327 e. The Balaban J connectivity index is 1.20. The number of carboxylic acid groups (broad SMARTS) is 1. The van der Waals surface area contributed by atoms with Crippen molar-refractivity contribution in [3.05, 3.63) is 34.6 Å². The molecule has 1 unspecified atom stereocenters. The van der Waals surface area contributed by atoms with Crippen molar-refractivity contribution >= 4 is 22.8 Å². The van der Waals surface area contributed by atoms with E-state index in [1.54, 1.807) is 4.90 Å². The maximum absolute atomic E-state index is 14.0. The summed E-state index contributed by atoms with van der Waals surface area (Å²) >= 11 is 0. The van der Waals surface area contributed by atoms with Crippen LogP contribution in [0.2, 0.25) is 0 Å². The number of nitrogens with zero attached hydrogens (tertiary/aromatic N) is 4. The van der Waals surface area contributed by atoms with Crippen LogP contribution in [0.1, 0.15) is 83.1 Å². The zero-order chi connectivity index (χ0) is 26.0. The summed E-state index contributed by atoms with van der Waals surface area (Å²) in [5.41, 5.74) is 6.29. The first-order valence-electron chi connectivity index (χ1n) is 15.0. The average Bonchev–Trinajstić information content (AvgIpc) is 3.05. The van der Waals surface area contributed by atoms with E-state index in [9.17, 15) is 14.7 Å². The number of carboxylic acids is 1. The molecule has 3 N–H and O–H groups in total. The molecular formula is C30H41N5O3. The van der Waals surface area contributed by atoms with Crippen LogP contribution in [-0.2, 0) is 4.79 Å². The first-order valence-corrected chi connectivity index (χ1v) is 15.0. The molecule has 1 aromatic heterocycles. The van der Waals surface area contributed by atoms with E-state index in [-0.39, 0.29) is 24.7 Å². The Hall–Kier alpha value is -2.45. The number of rotatable bonds is 4. The first-order chi connectivity index (χ1) is 18.4. The highest BCUT2D eigenvalue weighted by molar-refractivity contribution is 5.84. The van der Waals surface area contributed by atoms with Gasteiger partial charge in [0.2, 0.25) is 0 Å². The van der Waals surface area contributed by atoms with E-state index in [1.807, 2.05) is 28.8 Å². The predicted octanol–water partition coefficient (Wildman–Crippen LogP) is 3.92. The number of carbonyl (C=O) groups is 1. The van der Waals surface area contributed by atoms with Crippen molar-refractivity contribution in [1.29, 1.82) is 0 Å². The van der Waals surface area contributed by atoms with E-state index in [1.165, 1.54) is 64.2 Å². The van der Waals surface area contributed by atoms with Gasteiger partial charge in [-0.3, -0.25) is 14.5 Å². The lowest BCUT2D eigenvalue weighted by Crippen LogP contribution is -2.72. The van der Waals surface area contributed by atoms with Crippen molar-refractivity contribution in [1.82, 2.24) is 14.5 Å². The fourth-order valence-corrected chi connectivity index (χ4v) is 8.94. The topological polar surface area (TPSA) is 105 Å². The van der Waals surface area contributed by atoms with Crippen molar-refractivity contribution < 1.29 is 9.90 Å². The summed E-state index contributed by atoms with van der Waals surface area (Å²) < 4.78 is 2.01. The van der Waals surface area contributed by atoms with E-state index in [2.05, 4.69) is 4.90 Å². The van der Waals surface area contributed by atoms with Gasteiger partial charge in [-0.25, -0.2) is 4.98 Å². The van der Waals surface area contributed by atoms with Crippen LogP contribution in [0.5, 0.6) is 0 Å². The van der Waals surface area contributed by atoms with Crippen LogP contribution in [0, 0.1) is 11.8 Å². The van der Waals surface area contributed by atoms with Gasteiger partial charge in [-0.2, -0.15) is 0 Å². The molecule has 4 heterocycles. The first kappa shape index (κ1) is 24.6. The van der Waals surface area contributed by atoms with Gasteiger partial charge >= 0.3 is 5.97 Å². The van der Waals surface area contributed by atoms with Crippen LogP contribution in [0.4, 0.5) is 5.82 Å². The minimum Gasteiger partial charge on any atom is -0.480 e. The molecule has 3 saturated heterocycles. The molecule has 8 heteroatoms. The molecule has 1 aromatic carbocycles. The van der Waals surface area contributed by atoms with Gasteiger partial charge in [0.15, 0.2) is 5.82 Å². The van der Waals surface area contributed by atoms with Crippen LogP contribution in [0.3, 0.4) is 0 Å². The van der Waals surface area contributed by atoms with E-state index in [4.69, 9.17) is 10.7 Å². The lowest BCUT2D eigenvalue weighted by molar-refractivity contribution is -0.144. The quantitative estimate of drug-likeness (QED) is 0.631. The largest absolute Gasteiger partial charge is 0.480 e. The SMILES string of the molecule is NC1(C(=O)O)CN(c2nc3ccccc3n(C3C[C@H]4CCC[C@H](C3)N4[C@@H]3CC4CCCC[C@@H](C4)C3)c2=O)C1. The summed E-state index contributed by atoms with van der Waals surface area (Å²) in [6, 6.07) is 9.83. The molecule has 4 bridgehead atoms. The second kappa shape index (κ2) is 9.33. The van der Waals surface area contributed by atoms with Crippen LogP contribution in [-0.4, -0.2) is 62.3 Å². The fraction of sp³-hybridized carbons (Fsp3) is 0.700. The molecule has 3 aliphatic heterocycles. The Morgan fingerprint density at radius 3 is 2.18 bits per heavy atom. The number of hydrogen-bond donors (Lipinski definition) is 2. The number of piperidine rings is 2. The second-order valence-corrected chi connectivity index (χ2v) is 13.1. The van der Waals surface area contributed by atoms with E-state index >= 15 is 0 Å². The maximum Gasteiger partial charge on any atom is 0.327 e.